The van der Waals surface area contributed by atoms with Gasteiger partial charge in [-0.05, 0) is 20.5 Å². The molecule has 3 nitrogen and oxygen atoms in total. The van der Waals surface area contributed by atoms with Crippen molar-refractivity contribution in [3.63, 3.8) is 0 Å². The van der Waals surface area contributed by atoms with Crippen molar-refractivity contribution in [2.24, 2.45) is 5.92 Å². The Labute approximate surface area is 81.5 Å². The second-order valence-electron chi connectivity index (χ2n) is 3.53. The second-order valence-corrected chi connectivity index (χ2v) is 3.53. The zero-order valence-corrected chi connectivity index (χ0v) is 9.13. The third-order valence-electron chi connectivity index (χ3n) is 1.86. The first-order valence-electron chi connectivity index (χ1n) is 4.83. The average molecular weight is 185 g/mol. The van der Waals surface area contributed by atoms with Crippen molar-refractivity contribution in [1.29, 1.82) is 0 Å². The predicted molar refractivity (Wildman–Crippen MR) is 55.3 cm³/mol. The highest BCUT2D eigenvalue weighted by Crippen LogP contribution is 2.02. The van der Waals surface area contributed by atoms with Gasteiger partial charge in [-0.3, -0.25) is 4.79 Å². The van der Waals surface area contributed by atoms with Gasteiger partial charge in [-0.1, -0.05) is 20.3 Å². The molecule has 0 saturated carbocycles. The molecule has 0 saturated heterocycles. The van der Waals surface area contributed by atoms with Crippen LogP contribution in [0, 0.1) is 12.3 Å². The van der Waals surface area contributed by atoms with E-state index in [2.05, 4.69) is 10.2 Å². The maximum Gasteiger partial charge on any atom is 0.223 e. The number of amides is 1. The topological polar surface area (TPSA) is 32.3 Å². The Balaban J connectivity index is 3.50. The summed E-state index contributed by atoms with van der Waals surface area (Å²) in [7, 11) is 3.99. The molecule has 1 amide bonds. The van der Waals surface area contributed by atoms with E-state index in [0.29, 0.717) is 0 Å². The first kappa shape index (κ1) is 12.4. The Morgan fingerprint density at radius 1 is 1.54 bits per heavy atom. The van der Waals surface area contributed by atoms with E-state index in [1.165, 1.54) is 0 Å². The van der Waals surface area contributed by atoms with Gasteiger partial charge in [0.1, 0.15) is 0 Å². The third kappa shape index (κ3) is 6.58. The van der Waals surface area contributed by atoms with E-state index in [-0.39, 0.29) is 11.8 Å². The zero-order chi connectivity index (χ0) is 10.3. The smallest absolute Gasteiger partial charge is 0.223 e. The van der Waals surface area contributed by atoms with Crippen molar-refractivity contribution >= 4 is 5.91 Å². The van der Waals surface area contributed by atoms with E-state index in [0.717, 1.165) is 19.5 Å². The summed E-state index contributed by atoms with van der Waals surface area (Å²) in [5.74, 6) is 0.163. The number of hydrogen-bond acceptors (Lipinski definition) is 2. The molecule has 0 aliphatic heterocycles. The lowest BCUT2D eigenvalue weighted by molar-refractivity contribution is -0.123. The Hall–Kier alpha value is -0.570. The van der Waals surface area contributed by atoms with Crippen molar-refractivity contribution in [2.45, 2.75) is 20.3 Å². The maximum absolute atomic E-state index is 11.4. The number of nitrogens with one attached hydrogen (secondary N) is 1. The minimum atomic E-state index is 0.0344. The van der Waals surface area contributed by atoms with Gasteiger partial charge in [-0.15, -0.1) is 0 Å². The van der Waals surface area contributed by atoms with E-state index >= 15 is 0 Å². The fraction of sp³-hybridized carbons (Fsp3) is 0.800. The van der Waals surface area contributed by atoms with E-state index in [4.69, 9.17) is 0 Å². The molecule has 0 aromatic rings. The SMILES string of the molecule is CC[CH]C(C)C(=O)NCCN(C)C. The van der Waals surface area contributed by atoms with Crippen LogP contribution in [0.2, 0.25) is 0 Å². The van der Waals surface area contributed by atoms with Crippen LogP contribution in [0.25, 0.3) is 0 Å². The number of carbonyl (C=O) groups is 1. The highest BCUT2D eigenvalue weighted by Gasteiger charge is 2.10. The van der Waals surface area contributed by atoms with Gasteiger partial charge >= 0.3 is 0 Å². The number of hydrogen-bond donors (Lipinski definition) is 1. The number of carbonyl (C=O) groups excluding carboxylic acids is 1. The molecule has 0 rings (SSSR count). The van der Waals surface area contributed by atoms with E-state index in [1.807, 2.05) is 34.4 Å². The minimum absolute atomic E-state index is 0.0344. The molecule has 3 heteroatoms. The number of likely N-dealkylation sites (N-methyl/N-ethyl adjacent to an activating group) is 1. The van der Waals surface area contributed by atoms with E-state index in [1.54, 1.807) is 0 Å². The van der Waals surface area contributed by atoms with Crippen LogP contribution in [0.5, 0.6) is 0 Å². The van der Waals surface area contributed by atoms with Gasteiger partial charge in [0, 0.05) is 19.0 Å². The standard InChI is InChI=1S/C10H21N2O/c1-5-6-9(2)10(13)11-7-8-12(3)4/h6,9H,5,7-8H2,1-4H3,(H,11,13). The molecule has 1 atom stereocenters. The van der Waals surface area contributed by atoms with Crippen molar-refractivity contribution < 1.29 is 4.79 Å². The number of nitrogens with zero attached hydrogens (tertiary/aromatic N) is 1. The number of rotatable bonds is 6. The lowest BCUT2D eigenvalue weighted by Gasteiger charge is -2.13. The molecular formula is C10H21N2O. The van der Waals surface area contributed by atoms with Crippen LogP contribution in [0.15, 0.2) is 0 Å². The maximum atomic E-state index is 11.4. The van der Waals surface area contributed by atoms with Crippen LogP contribution in [0.4, 0.5) is 0 Å². The first-order chi connectivity index (χ1) is 6.07. The normalized spacial score (nSPS) is 13.0. The molecule has 13 heavy (non-hydrogen) atoms. The Kier molecular flexibility index (Phi) is 6.59. The summed E-state index contributed by atoms with van der Waals surface area (Å²) in [6, 6.07) is 0. The summed E-state index contributed by atoms with van der Waals surface area (Å²) in [4.78, 5) is 13.4. The second kappa shape index (κ2) is 6.89. The van der Waals surface area contributed by atoms with Crippen LogP contribution in [-0.2, 0) is 4.79 Å². The summed E-state index contributed by atoms with van der Waals surface area (Å²) < 4.78 is 0. The first-order valence-corrected chi connectivity index (χ1v) is 4.83. The van der Waals surface area contributed by atoms with E-state index in [9.17, 15) is 4.79 Å². The molecule has 0 aliphatic carbocycles. The molecular weight excluding hydrogens is 164 g/mol. The molecule has 0 heterocycles. The molecule has 0 aromatic heterocycles. The summed E-state index contributed by atoms with van der Waals surface area (Å²) in [6.07, 6.45) is 2.97. The van der Waals surface area contributed by atoms with Gasteiger partial charge in [0.2, 0.25) is 5.91 Å². The van der Waals surface area contributed by atoms with Crippen LogP contribution >= 0.6 is 0 Å². The third-order valence-corrected chi connectivity index (χ3v) is 1.86. The lowest BCUT2D eigenvalue weighted by atomic mass is 10.1. The van der Waals surface area contributed by atoms with Gasteiger partial charge in [0.15, 0.2) is 0 Å². The summed E-state index contributed by atoms with van der Waals surface area (Å²) in [5, 5.41) is 2.89. The van der Waals surface area contributed by atoms with Crippen molar-refractivity contribution in [1.82, 2.24) is 10.2 Å². The zero-order valence-electron chi connectivity index (χ0n) is 9.13. The van der Waals surface area contributed by atoms with Gasteiger partial charge in [-0.25, -0.2) is 0 Å². The molecule has 1 radical (unpaired) electrons. The minimum Gasteiger partial charge on any atom is -0.355 e. The van der Waals surface area contributed by atoms with Crippen LogP contribution in [0.1, 0.15) is 20.3 Å². The van der Waals surface area contributed by atoms with Crippen LogP contribution < -0.4 is 5.32 Å². The molecule has 1 unspecified atom stereocenters. The summed E-state index contributed by atoms with van der Waals surface area (Å²) >= 11 is 0. The highest BCUT2D eigenvalue weighted by molar-refractivity contribution is 5.79. The summed E-state index contributed by atoms with van der Waals surface area (Å²) in [5.41, 5.74) is 0. The van der Waals surface area contributed by atoms with Crippen molar-refractivity contribution in [3.05, 3.63) is 6.42 Å². The van der Waals surface area contributed by atoms with Crippen LogP contribution in [0.3, 0.4) is 0 Å². The van der Waals surface area contributed by atoms with Crippen molar-refractivity contribution in [3.8, 4) is 0 Å². The van der Waals surface area contributed by atoms with Crippen molar-refractivity contribution in [2.75, 3.05) is 27.2 Å². The Bertz CT molecular complexity index is 146. The fourth-order valence-electron chi connectivity index (χ4n) is 1.02. The largest absolute Gasteiger partial charge is 0.355 e. The van der Waals surface area contributed by atoms with Gasteiger partial charge in [0.05, 0.1) is 0 Å². The molecule has 0 spiro atoms. The molecule has 0 bridgehead atoms. The van der Waals surface area contributed by atoms with Gasteiger partial charge in [-0.2, -0.15) is 0 Å². The van der Waals surface area contributed by atoms with Gasteiger partial charge < -0.3 is 10.2 Å². The molecule has 0 fully saturated rings. The molecule has 0 aromatic carbocycles. The fourth-order valence-corrected chi connectivity index (χ4v) is 1.02. The Morgan fingerprint density at radius 3 is 2.62 bits per heavy atom. The lowest BCUT2D eigenvalue weighted by Crippen LogP contribution is -2.34. The van der Waals surface area contributed by atoms with Gasteiger partial charge in [0.25, 0.3) is 0 Å². The molecule has 0 aliphatic rings. The molecule has 77 valence electrons. The highest BCUT2D eigenvalue weighted by atomic mass is 16.1. The predicted octanol–water partition coefficient (Wildman–Crippen LogP) is 0.915. The van der Waals surface area contributed by atoms with Crippen LogP contribution in [-0.4, -0.2) is 38.0 Å². The van der Waals surface area contributed by atoms with E-state index < -0.39 is 0 Å². The average Bonchev–Trinajstić information content (AvgIpc) is 2.04. The monoisotopic (exact) mass is 185 g/mol. The Morgan fingerprint density at radius 2 is 2.15 bits per heavy atom. The summed E-state index contributed by atoms with van der Waals surface area (Å²) in [6.45, 7) is 5.59. The quantitative estimate of drug-likeness (QED) is 0.667. The molecule has 1 N–H and O–H groups in total.